The van der Waals surface area contributed by atoms with E-state index in [1.165, 1.54) is 5.56 Å². The molecular formula is C16H26N2O2. The zero-order chi connectivity index (χ0) is 14.2. The highest BCUT2D eigenvalue weighted by atomic mass is 16.5. The van der Waals surface area contributed by atoms with Gasteiger partial charge in [-0.3, -0.25) is 4.90 Å². The third-order valence-electron chi connectivity index (χ3n) is 3.83. The van der Waals surface area contributed by atoms with Crippen LogP contribution in [-0.2, 0) is 11.2 Å². The fraction of sp³-hybridized carbons (Fsp3) is 0.625. The van der Waals surface area contributed by atoms with Gasteiger partial charge in [0.25, 0.3) is 0 Å². The molecule has 112 valence electrons. The smallest absolute Gasteiger partial charge is 0.115 e. The maximum absolute atomic E-state index is 9.25. The molecule has 1 aliphatic rings. The van der Waals surface area contributed by atoms with Gasteiger partial charge in [0.15, 0.2) is 0 Å². The van der Waals surface area contributed by atoms with E-state index in [9.17, 15) is 5.11 Å². The van der Waals surface area contributed by atoms with Crippen molar-refractivity contribution in [2.45, 2.75) is 25.8 Å². The first kappa shape index (κ1) is 15.3. The van der Waals surface area contributed by atoms with Crippen molar-refractivity contribution in [3.63, 3.8) is 0 Å². The molecule has 4 heteroatoms. The van der Waals surface area contributed by atoms with Crippen molar-refractivity contribution < 1.29 is 9.84 Å². The molecule has 2 rings (SSSR count). The lowest BCUT2D eigenvalue weighted by Crippen LogP contribution is -2.41. The van der Waals surface area contributed by atoms with Gasteiger partial charge in [-0.15, -0.1) is 0 Å². The SMILES string of the molecule is C[C@@H](CCc1ccc(O)cc1)NCCN1CCOCC1. The van der Waals surface area contributed by atoms with Crippen molar-refractivity contribution >= 4 is 0 Å². The molecule has 20 heavy (non-hydrogen) atoms. The van der Waals surface area contributed by atoms with Gasteiger partial charge in [0.05, 0.1) is 13.2 Å². The first-order chi connectivity index (χ1) is 9.74. The molecule has 0 saturated carbocycles. The van der Waals surface area contributed by atoms with Crippen molar-refractivity contribution in [1.82, 2.24) is 10.2 Å². The molecule has 1 fully saturated rings. The van der Waals surface area contributed by atoms with Gasteiger partial charge in [-0.2, -0.15) is 0 Å². The lowest BCUT2D eigenvalue weighted by molar-refractivity contribution is 0.0381. The zero-order valence-electron chi connectivity index (χ0n) is 12.3. The van der Waals surface area contributed by atoms with Crippen LogP contribution < -0.4 is 5.32 Å². The Labute approximate surface area is 121 Å². The number of aryl methyl sites for hydroxylation is 1. The standard InChI is InChI=1S/C16H26N2O2/c1-14(2-3-15-4-6-16(19)7-5-15)17-8-9-18-10-12-20-13-11-18/h4-7,14,17,19H,2-3,8-13H2,1H3/t14-/m0/s1. The molecule has 1 saturated heterocycles. The van der Waals surface area contributed by atoms with Gasteiger partial charge in [0.2, 0.25) is 0 Å². The largest absolute Gasteiger partial charge is 0.508 e. The Kier molecular flexibility index (Phi) is 6.30. The highest BCUT2D eigenvalue weighted by molar-refractivity contribution is 5.25. The van der Waals surface area contributed by atoms with Gasteiger partial charge in [0.1, 0.15) is 5.75 Å². The van der Waals surface area contributed by atoms with Crippen LogP contribution in [0.4, 0.5) is 0 Å². The summed E-state index contributed by atoms with van der Waals surface area (Å²) in [6, 6.07) is 8.02. The molecule has 0 aromatic heterocycles. The number of phenolic OH excluding ortho intramolecular Hbond substituents is 1. The Morgan fingerprint density at radius 3 is 2.65 bits per heavy atom. The second kappa shape index (κ2) is 8.25. The van der Waals surface area contributed by atoms with Crippen LogP contribution in [0.5, 0.6) is 5.75 Å². The summed E-state index contributed by atoms with van der Waals surface area (Å²) in [5, 5.41) is 12.8. The van der Waals surface area contributed by atoms with Crippen molar-refractivity contribution in [3.8, 4) is 5.75 Å². The Morgan fingerprint density at radius 1 is 1.25 bits per heavy atom. The number of phenols is 1. The van der Waals surface area contributed by atoms with E-state index in [-0.39, 0.29) is 0 Å². The molecule has 0 bridgehead atoms. The van der Waals surface area contributed by atoms with Crippen molar-refractivity contribution in [2.24, 2.45) is 0 Å². The second-order valence-electron chi connectivity index (χ2n) is 5.51. The summed E-state index contributed by atoms with van der Waals surface area (Å²) in [5.41, 5.74) is 1.28. The van der Waals surface area contributed by atoms with Gasteiger partial charge in [-0.05, 0) is 37.5 Å². The summed E-state index contributed by atoms with van der Waals surface area (Å²) in [4.78, 5) is 2.45. The molecule has 1 heterocycles. The number of nitrogens with one attached hydrogen (secondary N) is 1. The molecule has 0 radical (unpaired) electrons. The van der Waals surface area contributed by atoms with Crippen molar-refractivity contribution in [1.29, 1.82) is 0 Å². The lowest BCUT2D eigenvalue weighted by atomic mass is 10.1. The van der Waals surface area contributed by atoms with E-state index < -0.39 is 0 Å². The zero-order valence-corrected chi connectivity index (χ0v) is 12.3. The number of ether oxygens (including phenoxy) is 1. The van der Waals surface area contributed by atoms with Crippen LogP contribution in [-0.4, -0.2) is 55.4 Å². The van der Waals surface area contributed by atoms with Gasteiger partial charge in [0, 0.05) is 32.2 Å². The number of nitrogens with zero attached hydrogens (tertiary/aromatic N) is 1. The lowest BCUT2D eigenvalue weighted by Gasteiger charge is -2.27. The van der Waals surface area contributed by atoms with E-state index in [0.717, 1.165) is 52.2 Å². The average molecular weight is 278 g/mol. The Bertz CT molecular complexity index is 375. The molecule has 1 aromatic rings. The minimum Gasteiger partial charge on any atom is -0.508 e. The first-order valence-electron chi connectivity index (χ1n) is 7.55. The molecular weight excluding hydrogens is 252 g/mol. The minimum absolute atomic E-state index is 0.338. The van der Waals surface area contributed by atoms with E-state index in [2.05, 4.69) is 17.1 Å². The third-order valence-corrected chi connectivity index (χ3v) is 3.83. The van der Waals surface area contributed by atoms with Gasteiger partial charge < -0.3 is 15.2 Å². The Morgan fingerprint density at radius 2 is 1.95 bits per heavy atom. The summed E-state index contributed by atoms with van der Waals surface area (Å²) >= 11 is 0. The fourth-order valence-corrected chi connectivity index (χ4v) is 2.44. The topological polar surface area (TPSA) is 44.7 Å². The van der Waals surface area contributed by atoms with Gasteiger partial charge in [-0.25, -0.2) is 0 Å². The monoisotopic (exact) mass is 278 g/mol. The summed E-state index contributed by atoms with van der Waals surface area (Å²) in [5.74, 6) is 0.338. The van der Waals surface area contributed by atoms with E-state index in [1.807, 2.05) is 12.1 Å². The minimum atomic E-state index is 0.338. The predicted octanol–water partition coefficient (Wildman–Crippen LogP) is 1.64. The Hall–Kier alpha value is -1.10. The molecule has 1 aromatic carbocycles. The van der Waals surface area contributed by atoms with Gasteiger partial charge >= 0.3 is 0 Å². The average Bonchev–Trinajstić information content (AvgIpc) is 2.48. The van der Waals surface area contributed by atoms with Crippen LogP contribution in [0.15, 0.2) is 24.3 Å². The normalized spacial score (nSPS) is 18.1. The molecule has 0 amide bonds. The predicted molar refractivity (Wildman–Crippen MR) is 81.2 cm³/mol. The number of morpholine rings is 1. The van der Waals surface area contributed by atoms with Crippen LogP contribution in [0.25, 0.3) is 0 Å². The number of hydrogen-bond acceptors (Lipinski definition) is 4. The maximum atomic E-state index is 9.25. The quantitative estimate of drug-likeness (QED) is 0.796. The molecule has 0 spiro atoms. The fourth-order valence-electron chi connectivity index (χ4n) is 2.44. The van der Waals surface area contributed by atoms with Crippen molar-refractivity contribution in [2.75, 3.05) is 39.4 Å². The third kappa shape index (κ3) is 5.49. The van der Waals surface area contributed by atoms with Crippen molar-refractivity contribution in [3.05, 3.63) is 29.8 Å². The van der Waals surface area contributed by atoms with Crippen LogP contribution in [0, 0.1) is 0 Å². The number of rotatable bonds is 7. The number of aromatic hydroxyl groups is 1. The number of benzene rings is 1. The summed E-state index contributed by atoms with van der Waals surface area (Å²) in [6.07, 6.45) is 2.17. The van der Waals surface area contributed by atoms with E-state index in [4.69, 9.17) is 4.74 Å². The van der Waals surface area contributed by atoms with Crippen LogP contribution in [0.1, 0.15) is 18.9 Å². The summed E-state index contributed by atoms with van der Waals surface area (Å²) < 4.78 is 5.34. The van der Waals surface area contributed by atoms with E-state index >= 15 is 0 Å². The molecule has 1 atom stereocenters. The van der Waals surface area contributed by atoms with Gasteiger partial charge in [-0.1, -0.05) is 12.1 Å². The Balaban J connectivity index is 1.57. The van der Waals surface area contributed by atoms with Crippen LogP contribution in [0.2, 0.25) is 0 Å². The van der Waals surface area contributed by atoms with Crippen LogP contribution >= 0.6 is 0 Å². The van der Waals surface area contributed by atoms with E-state index in [0.29, 0.717) is 11.8 Å². The first-order valence-corrected chi connectivity index (χ1v) is 7.55. The highest BCUT2D eigenvalue weighted by Crippen LogP contribution is 2.11. The molecule has 4 nitrogen and oxygen atoms in total. The summed E-state index contributed by atoms with van der Waals surface area (Å²) in [7, 11) is 0. The van der Waals surface area contributed by atoms with E-state index in [1.54, 1.807) is 12.1 Å². The molecule has 1 aliphatic heterocycles. The molecule has 0 unspecified atom stereocenters. The summed E-state index contributed by atoms with van der Waals surface area (Å²) in [6.45, 7) is 8.24. The second-order valence-corrected chi connectivity index (χ2v) is 5.51. The number of hydrogen-bond donors (Lipinski definition) is 2. The maximum Gasteiger partial charge on any atom is 0.115 e. The highest BCUT2D eigenvalue weighted by Gasteiger charge is 2.10. The molecule has 0 aliphatic carbocycles. The molecule has 2 N–H and O–H groups in total. The van der Waals surface area contributed by atoms with Crippen LogP contribution in [0.3, 0.4) is 0 Å².